The van der Waals surface area contributed by atoms with Gasteiger partial charge < -0.3 is 0 Å². The summed E-state index contributed by atoms with van der Waals surface area (Å²) in [6.07, 6.45) is 0.865. The van der Waals surface area contributed by atoms with Crippen molar-refractivity contribution in [3.63, 3.8) is 0 Å². The molecule has 0 aliphatic rings. The molecule has 0 fully saturated rings. The van der Waals surface area contributed by atoms with Crippen LogP contribution in [0.25, 0.3) is 0 Å². The zero-order valence-corrected chi connectivity index (χ0v) is 13.7. The highest BCUT2D eigenvalue weighted by Crippen LogP contribution is 2.34. The summed E-state index contributed by atoms with van der Waals surface area (Å²) in [6, 6.07) is 6.36. The van der Waals surface area contributed by atoms with E-state index >= 15 is 0 Å². The van der Waals surface area contributed by atoms with Crippen molar-refractivity contribution >= 4 is 33.0 Å². The van der Waals surface area contributed by atoms with Crippen LogP contribution < -0.4 is 0 Å². The second-order valence-corrected chi connectivity index (χ2v) is 7.87. The predicted octanol–water partition coefficient (Wildman–Crippen LogP) is 3.76. The third-order valence-electron chi connectivity index (χ3n) is 3.51. The minimum atomic E-state index is -3.03. The lowest BCUT2D eigenvalue weighted by atomic mass is 9.80. The lowest BCUT2D eigenvalue weighted by Gasteiger charge is -2.30. The van der Waals surface area contributed by atoms with E-state index in [0.717, 1.165) is 0 Å². The number of hydrogen-bond acceptors (Lipinski definition) is 2. The molecular weight excluding hydrogens is 322 g/mol. The first-order chi connectivity index (χ1) is 9.40. The Morgan fingerprint density at radius 1 is 1.20 bits per heavy atom. The molecule has 0 unspecified atom stereocenters. The average molecular weight is 341 g/mol. The Morgan fingerprint density at radius 2 is 1.80 bits per heavy atom. The van der Waals surface area contributed by atoms with Crippen LogP contribution in [0.1, 0.15) is 25.3 Å². The summed E-state index contributed by atoms with van der Waals surface area (Å²) in [5, 5.41) is 0. The van der Waals surface area contributed by atoms with Gasteiger partial charge in [0, 0.05) is 22.9 Å². The maximum absolute atomic E-state index is 14.0. The van der Waals surface area contributed by atoms with Gasteiger partial charge in [0.25, 0.3) is 0 Å². The fourth-order valence-electron chi connectivity index (χ4n) is 2.11. The summed E-state index contributed by atoms with van der Waals surface area (Å²) in [5.74, 6) is 0.148. The van der Waals surface area contributed by atoms with Crippen LogP contribution in [0.2, 0.25) is 0 Å². The Hall–Kier alpha value is -0.320. The third-order valence-corrected chi connectivity index (χ3v) is 6.32. The van der Waals surface area contributed by atoms with Crippen molar-refractivity contribution in [1.29, 1.82) is 0 Å². The summed E-state index contributed by atoms with van der Waals surface area (Å²) < 4.78 is 37.0. The van der Waals surface area contributed by atoms with E-state index in [4.69, 9.17) is 23.2 Å². The molecule has 1 aromatic carbocycles. The molecule has 0 N–H and O–H groups in total. The monoisotopic (exact) mass is 340 g/mol. The van der Waals surface area contributed by atoms with Gasteiger partial charge >= 0.3 is 0 Å². The molecule has 0 aliphatic heterocycles. The first-order valence-corrected chi connectivity index (χ1v) is 9.37. The van der Waals surface area contributed by atoms with Gasteiger partial charge in [-0.15, -0.1) is 23.2 Å². The van der Waals surface area contributed by atoms with E-state index < -0.39 is 15.3 Å². The first kappa shape index (κ1) is 17.7. The zero-order valence-electron chi connectivity index (χ0n) is 11.4. The first-order valence-electron chi connectivity index (χ1n) is 6.48. The number of benzene rings is 1. The van der Waals surface area contributed by atoms with Gasteiger partial charge in [0.05, 0.1) is 5.75 Å². The fraction of sp³-hybridized carbons (Fsp3) is 0.571. The predicted molar refractivity (Wildman–Crippen MR) is 83.1 cm³/mol. The molecule has 0 saturated heterocycles. The Morgan fingerprint density at radius 3 is 2.30 bits per heavy atom. The molecule has 0 aromatic heterocycles. The highest BCUT2D eigenvalue weighted by atomic mass is 35.5. The molecule has 0 bridgehead atoms. The summed E-state index contributed by atoms with van der Waals surface area (Å²) in [4.78, 5) is 0. The minimum absolute atomic E-state index is 0.0769. The summed E-state index contributed by atoms with van der Waals surface area (Å²) >= 11 is 12.0. The fourth-order valence-corrected chi connectivity index (χ4v) is 3.83. The molecule has 0 radical (unpaired) electrons. The molecule has 1 rings (SSSR count). The standard InChI is InChI=1S/C14H19Cl2FO2S/c1-2-20(18,19)9-5-8-14(10-15,11-16)12-6-3-4-7-13(12)17/h3-4,6-7H,2,5,8-11H2,1H3. The van der Waals surface area contributed by atoms with E-state index in [-0.39, 0.29) is 29.1 Å². The Balaban J connectivity index is 2.91. The molecule has 2 nitrogen and oxygen atoms in total. The molecule has 0 atom stereocenters. The molecule has 0 spiro atoms. The van der Waals surface area contributed by atoms with Crippen molar-refractivity contribution in [3.8, 4) is 0 Å². The van der Waals surface area contributed by atoms with Crippen molar-refractivity contribution in [1.82, 2.24) is 0 Å². The summed E-state index contributed by atoms with van der Waals surface area (Å²) in [7, 11) is -3.03. The second-order valence-electron chi connectivity index (χ2n) is 4.87. The van der Waals surface area contributed by atoms with E-state index in [1.54, 1.807) is 25.1 Å². The smallest absolute Gasteiger partial charge is 0.150 e. The number of sulfone groups is 1. The minimum Gasteiger partial charge on any atom is -0.229 e. The van der Waals surface area contributed by atoms with Gasteiger partial charge in [0.2, 0.25) is 0 Å². The van der Waals surface area contributed by atoms with Gasteiger partial charge in [-0.05, 0) is 24.5 Å². The van der Waals surface area contributed by atoms with Crippen molar-refractivity contribution in [2.45, 2.75) is 25.2 Å². The zero-order chi connectivity index (χ0) is 15.2. The van der Waals surface area contributed by atoms with Crippen LogP contribution in [-0.2, 0) is 15.3 Å². The summed E-state index contributed by atoms with van der Waals surface area (Å²) in [6.45, 7) is 1.61. The molecule has 0 amide bonds. The van der Waals surface area contributed by atoms with E-state index in [1.807, 2.05) is 0 Å². The van der Waals surface area contributed by atoms with Crippen LogP contribution >= 0.6 is 23.2 Å². The highest BCUT2D eigenvalue weighted by molar-refractivity contribution is 7.91. The van der Waals surface area contributed by atoms with Gasteiger partial charge in [-0.1, -0.05) is 25.1 Å². The molecular formula is C14H19Cl2FO2S. The maximum Gasteiger partial charge on any atom is 0.150 e. The van der Waals surface area contributed by atoms with Crippen molar-refractivity contribution in [2.75, 3.05) is 23.3 Å². The molecule has 0 heterocycles. The van der Waals surface area contributed by atoms with Gasteiger partial charge in [0.15, 0.2) is 0 Å². The molecule has 114 valence electrons. The van der Waals surface area contributed by atoms with Crippen LogP contribution in [0, 0.1) is 5.82 Å². The lowest BCUT2D eigenvalue weighted by Crippen LogP contribution is -2.32. The van der Waals surface area contributed by atoms with Crippen molar-refractivity contribution < 1.29 is 12.8 Å². The maximum atomic E-state index is 14.0. The van der Waals surface area contributed by atoms with Crippen molar-refractivity contribution in [2.24, 2.45) is 0 Å². The van der Waals surface area contributed by atoms with Crippen LogP contribution in [0.4, 0.5) is 4.39 Å². The van der Waals surface area contributed by atoms with Gasteiger partial charge in [-0.25, -0.2) is 12.8 Å². The quantitative estimate of drug-likeness (QED) is 0.675. The number of alkyl halides is 2. The van der Waals surface area contributed by atoms with Gasteiger partial charge in [-0.3, -0.25) is 0 Å². The van der Waals surface area contributed by atoms with Gasteiger partial charge in [-0.2, -0.15) is 0 Å². The Labute approximate surface area is 130 Å². The largest absolute Gasteiger partial charge is 0.229 e. The number of halogens is 3. The molecule has 6 heteroatoms. The number of rotatable bonds is 8. The van der Waals surface area contributed by atoms with Crippen molar-refractivity contribution in [3.05, 3.63) is 35.6 Å². The van der Waals surface area contributed by atoms with Crippen LogP contribution in [0.5, 0.6) is 0 Å². The van der Waals surface area contributed by atoms with E-state index in [0.29, 0.717) is 18.4 Å². The molecule has 0 saturated carbocycles. The van der Waals surface area contributed by atoms with Crippen LogP contribution in [0.3, 0.4) is 0 Å². The Bertz CT molecular complexity index is 528. The SMILES string of the molecule is CCS(=O)(=O)CCCC(CCl)(CCl)c1ccccc1F. The third kappa shape index (κ3) is 4.34. The Kier molecular flexibility index (Phi) is 6.76. The summed E-state index contributed by atoms with van der Waals surface area (Å²) in [5.41, 5.74) is -0.267. The van der Waals surface area contributed by atoms with Gasteiger partial charge in [0.1, 0.15) is 15.7 Å². The topological polar surface area (TPSA) is 34.1 Å². The second kappa shape index (κ2) is 7.62. The van der Waals surface area contributed by atoms with E-state index in [2.05, 4.69) is 0 Å². The van der Waals surface area contributed by atoms with E-state index in [1.165, 1.54) is 6.07 Å². The molecule has 1 aromatic rings. The van der Waals surface area contributed by atoms with Crippen LogP contribution in [0.15, 0.2) is 24.3 Å². The number of hydrogen-bond donors (Lipinski definition) is 0. The normalized spacial score (nSPS) is 12.6. The lowest BCUT2D eigenvalue weighted by molar-refractivity contribution is 0.454. The van der Waals surface area contributed by atoms with Crippen LogP contribution in [-0.4, -0.2) is 31.7 Å². The average Bonchev–Trinajstić information content (AvgIpc) is 2.45. The molecule has 20 heavy (non-hydrogen) atoms. The van der Waals surface area contributed by atoms with E-state index in [9.17, 15) is 12.8 Å². The molecule has 0 aliphatic carbocycles. The highest BCUT2D eigenvalue weighted by Gasteiger charge is 2.33.